The highest BCUT2D eigenvalue weighted by atomic mass is 35.5. The first-order chi connectivity index (χ1) is 9.90. The Morgan fingerprint density at radius 1 is 1.19 bits per heavy atom. The van der Waals surface area contributed by atoms with Gasteiger partial charge in [0.25, 0.3) is 0 Å². The summed E-state index contributed by atoms with van der Waals surface area (Å²) in [5.41, 5.74) is 0.996. The van der Waals surface area contributed by atoms with E-state index < -0.39 is 11.3 Å². The second-order valence-electron chi connectivity index (χ2n) is 4.26. The van der Waals surface area contributed by atoms with Gasteiger partial charge in [0.2, 0.25) is 5.91 Å². The smallest absolute Gasteiger partial charge is 0.242 e. The highest BCUT2D eigenvalue weighted by Crippen LogP contribution is 2.28. The van der Waals surface area contributed by atoms with Crippen molar-refractivity contribution in [2.24, 2.45) is 0 Å². The first kappa shape index (κ1) is 16.3. The van der Waals surface area contributed by atoms with E-state index in [0.29, 0.717) is 21.3 Å². The molecule has 2 aromatic rings. The summed E-state index contributed by atoms with van der Waals surface area (Å²) in [5, 5.41) is 5.97. The molecule has 0 aliphatic rings. The number of hydrogen-bond acceptors (Lipinski definition) is 3. The van der Waals surface area contributed by atoms with Crippen LogP contribution in [-0.2, 0) is 4.79 Å². The van der Waals surface area contributed by atoms with Crippen molar-refractivity contribution in [2.75, 3.05) is 5.32 Å². The zero-order chi connectivity index (χ0) is 15.6. The number of benzene rings is 1. The Labute approximate surface area is 140 Å². The third-order valence-corrected chi connectivity index (χ3v) is 4.32. The van der Waals surface area contributed by atoms with E-state index in [-0.39, 0.29) is 11.3 Å². The molecule has 0 saturated carbocycles. The Balaban J connectivity index is 2.42. The molecular formula is C14H10Cl3NO2S. The van der Waals surface area contributed by atoms with Crippen molar-refractivity contribution in [2.45, 2.75) is 12.3 Å². The van der Waals surface area contributed by atoms with E-state index in [1.54, 1.807) is 29.8 Å². The Kier molecular flexibility index (Phi) is 5.27. The molecule has 0 radical (unpaired) electrons. The summed E-state index contributed by atoms with van der Waals surface area (Å²) in [6.07, 6.45) is 0. The number of ketones is 1. The summed E-state index contributed by atoms with van der Waals surface area (Å²) in [6.45, 7) is 1.55. The fourth-order valence-electron chi connectivity index (χ4n) is 1.63. The molecule has 1 amide bonds. The Morgan fingerprint density at radius 2 is 1.90 bits per heavy atom. The number of halogens is 3. The van der Waals surface area contributed by atoms with Gasteiger partial charge in [0.05, 0.1) is 16.3 Å². The first-order valence-electron chi connectivity index (χ1n) is 5.91. The van der Waals surface area contributed by atoms with Crippen LogP contribution in [0.5, 0.6) is 0 Å². The van der Waals surface area contributed by atoms with Crippen LogP contribution in [0.1, 0.15) is 22.8 Å². The lowest BCUT2D eigenvalue weighted by molar-refractivity contribution is -0.115. The number of alkyl halides is 1. The third kappa shape index (κ3) is 3.77. The second-order valence-corrected chi connectivity index (χ2v) is 6.50. The maximum Gasteiger partial charge on any atom is 0.242 e. The minimum absolute atomic E-state index is 0.272. The fourth-order valence-corrected chi connectivity index (χ4v) is 2.90. The van der Waals surface area contributed by atoms with E-state index in [1.165, 1.54) is 17.4 Å². The molecule has 1 atom stereocenters. The Morgan fingerprint density at radius 3 is 2.48 bits per heavy atom. The highest BCUT2D eigenvalue weighted by Gasteiger charge is 2.20. The van der Waals surface area contributed by atoms with Crippen LogP contribution in [0.25, 0.3) is 0 Å². The molecule has 0 fully saturated rings. The van der Waals surface area contributed by atoms with Crippen molar-refractivity contribution < 1.29 is 9.59 Å². The van der Waals surface area contributed by atoms with E-state index in [9.17, 15) is 9.59 Å². The molecule has 110 valence electrons. The van der Waals surface area contributed by atoms with Crippen molar-refractivity contribution in [1.82, 2.24) is 0 Å². The molecule has 21 heavy (non-hydrogen) atoms. The molecule has 0 bridgehead atoms. The van der Waals surface area contributed by atoms with Crippen LogP contribution in [0, 0.1) is 0 Å². The molecule has 2 rings (SSSR count). The summed E-state index contributed by atoms with van der Waals surface area (Å²) in [6, 6.07) is 4.64. The second kappa shape index (κ2) is 6.79. The molecule has 3 nitrogen and oxygen atoms in total. The van der Waals surface area contributed by atoms with Gasteiger partial charge >= 0.3 is 0 Å². The number of rotatable bonds is 4. The van der Waals surface area contributed by atoms with E-state index >= 15 is 0 Å². The largest absolute Gasteiger partial charge is 0.324 e. The van der Waals surface area contributed by atoms with Gasteiger partial charge in [-0.25, -0.2) is 0 Å². The van der Waals surface area contributed by atoms with Gasteiger partial charge in [0, 0.05) is 21.3 Å². The molecule has 1 aromatic heterocycles. The van der Waals surface area contributed by atoms with Crippen LogP contribution in [0.3, 0.4) is 0 Å². The molecule has 0 aliphatic carbocycles. The zero-order valence-corrected chi connectivity index (χ0v) is 13.9. The van der Waals surface area contributed by atoms with Crippen LogP contribution < -0.4 is 5.32 Å². The maximum atomic E-state index is 12.5. The van der Waals surface area contributed by atoms with Gasteiger partial charge in [0.1, 0.15) is 5.38 Å². The number of anilines is 1. The standard InChI is InChI=1S/C14H10Cl3NO2S/c1-7(15)14(20)18-12-3-2-8(16)4-9(12)13(19)10-5-21-6-11(10)17/h2-7H,1H3,(H,18,20). The van der Waals surface area contributed by atoms with Crippen LogP contribution in [0.15, 0.2) is 29.0 Å². The molecule has 7 heteroatoms. The minimum atomic E-state index is -0.714. The number of thiophene rings is 1. The Bertz CT molecular complexity index is 697. The van der Waals surface area contributed by atoms with Crippen molar-refractivity contribution in [3.05, 3.63) is 50.1 Å². The fraction of sp³-hybridized carbons (Fsp3) is 0.143. The van der Waals surface area contributed by atoms with E-state index in [1.807, 2.05) is 0 Å². The summed E-state index contributed by atoms with van der Waals surface area (Å²) in [4.78, 5) is 24.2. The molecule has 0 spiro atoms. The lowest BCUT2D eigenvalue weighted by atomic mass is 10.0. The topological polar surface area (TPSA) is 46.2 Å². The predicted octanol–water partition coefficient (Wildman–Crippen LogP) is 4.85. The number of carbonyl (C=O) groups is 2. The van der Waals surface area contributed by atoms with Crippen LogP contribution in [0.4, 0.5) is 5.69 Å². The summed E-state index contributed by atoms with van der Waals surface area (Å²) >= 11 is 19.0. The lowest BCUT2D eigenvalue weighted by Crippen LogP contribution is -2.22. The Hall–Kier alpha value is -1.07. The molecule has 1 N–H and O–H groups in total. The molecule has 1 heterocycles. The zero-order valence-electron chi connectivity index (χ0n) is 10.8. The van der Waals surface area contributed by atoms with E-state index in [4.69, 9.17) is 34.8 Å². The van der Waals surface area contributed by atoms with Gasteiger partial charge in [0.15, 0.2) is 5.78 Å². The number of nitrogens with one attached hydrogen (secondary N) is 1. The normalized spacial score (nSPS) is 12.0. The predicted molar refractivity (Wildman–Crippen MR) is 88.2 cm³/mol. The minimum Gasteiger partial charge on any atom is -0.324 e. The van der Waals surface area contributed by atoms with Crippen molar-refractivity contribution in [1.29, 1.82) is 0 Å². The molecule has 0 aliphatic heterocycles. The molecule has 0 saturated heterocycles. The van der Waals surface area contributed by atoms with Crippen molar-refractivity contribution in [3.63, 3.8) is 0 Å². The lowest BCUT2D eigenvalue weighted by Gasteiger charge is -2.11. The molecule has 1 aromatic carbocycles. The van der Waals surface area contributed by atoms with E-state index in [2.05, 4.69) is 5.32 Å². The quantitative estimate of drug-likeness (QED) is 0.624. The average Bonchev–Trinajstić information content (AvgIpc) is 2.86. The maximum absolute atomic E-state index is 12.5. The van der Waals surface area contributed by atoms with Crippen molar-refractivity contribution >= 4 is 63.5 Å². The van der Waals surface area contributed by atoms with Gasteiger partial charge < -0.3 is 5.32 Å². The van der Waals surface area contributed by atoms with Gasteiger partial charge in [-0.1, -0.05) is 23.2 Å². The summed E-state index contributed by atoms with van der Waals surface area (Å²) < 4.78 is 0. The van der Waals surface area contributed by atoms with Crippen LogP contribution in [0.2, 0.25) is 10.0 Å². The average molecular weight is 363 g/mol. The number of carbonyl (C=O) groups excluding carboxylic acids is 2. The van der Waals surface area contributed by atoms with Crippen LogP contribution >= 0.6 is 46.1 Å². The number of amides is 1. The van der Waals surface area contributed by atoms with Crippen LogP contribution in [-0.4, -0.2) is 17.1 Å². The summed E-state index contributed by atoms with van der Waals surface area (Å²) in [7, 11) is 0. The summed E-state index contributed by atoms with van der Waals surface area (Å²) in [5.74, 6) is -0.703. The monoisotopic (exact) mass is 361 g/mol. The number of hydrogen-bond donors (Lipinski definition) is 1. The third-order valence-electron chi connectivity index (χ3n) is 2.70. The van der Waals surface area contributed by atoms with Gasteiger partial charge in [-0.2, -0.15) is 11.3 Å². The van der Waals surface area contributed by atoms with Gasteiger partial charge in [-0.15, -0.1) is 11.6 Å². The molecule has 1 unspecified atom stereocenters. The molecular weight excluding hydrogens is 353 g/mol. The first-order valence-corrected chi connectivity index (χ1v) is 8.04. The van der Waals surface area contributed by atoms with Gasteiger partial charge in [-0.05, 0) is 25.1 Å². The van der Waals surface area contributed by atoms with Crippen molar-refractivity contribution in [3.8, 4) is 0 Å². The highest BCUT2D eigenvalue weighted by molar-refractivity contribution is 7.08. The van der Waals surface area contributed by atoms with E-state index in [0.717, 1.165) is 0 Å². The SMILES string of the molecule is CC(Cl)C(=O)Nc1ccc(Cl)cc1C(=O)c1cscc1Cl. The van der Waals surface area contributed by atoms with Gasteiger partial charge in [-0.3, -0.25) is 9.59 Å².